The molecule has 0 atom stereocenters. The molecule has 4 heteroatoms. The molecule has 2 aromatic heterocycles. The maximum absolute atomic E-state index is 4.14. The average molecular weight is 148 g/mol. The van der Waals surface area contributed by atoms with Crippen LogP contribution >= 0.6 is 0 Å². The molecule has 56 valence electrons. The van der Waals surface area contributed by atoms with Crippen LogP contribution in [0, 0.1) is 13.8 Å². The summed E-state index contributed by atoms with van der Waals surface area (Å²) in [6, 6.07) is 0. The van der Waals surface area contributed by atoms with Crippen molar-refractivity contribution in [3.05, 3.63) is 24.0 Å². The Hall–Kier alpha value is -1.45. The molecule has 0 saturated carbocycles. The number of nitrogens with zero attached hydrogens (tertiary/aromatic N) is 4. The molecule has 11 heavy (non-hydrogen) atoms. The smallest absolute Gasteiger partial charge is 0.124 e. The van der Waals surface area contributed by atoms with Crippen molar-refractivity contribution in [3.8, 4) is 0 Å². The fourth-order valence-electron chi connectivity index (χ4n) is 1.08. The van der Waals surface area contributed by atoms with Gasteiger partial charge in [0, 0.05) is 0 Å². The molecule has 0 bridgehead atoms. The molecule has 0 aromatic carbocycles. The Labute approximate surface area is 63.9 Å². The van der Waals surface area contributed by atoms with Crippen LogP contribution in [0.4, 0.5) is 0 Å². The highest BCUT2D eigenvalue weighted by atomic mass is 15.2. The summed E-state index contributed by atoms with van der Waals surface area (Å²) in [5.41, 5.74) is 1.94. The fraction of sp³-hybridized carbons (Fsp3) is 0.286. The number of rotatable bonds is 0. The van der Waals surface area contributed by atoms with E-state index in [1.165, 1.54) is 0 Å². The normalized spacial score (nSPS) is 10.7. The van der Waals surface area contributed by atoms with Gasteiger partial charge in [0.15, 0.2) is 0 Å². The minimum atomic E-state index is 0.910. The Morgan fingerprint density at radius 1 is 1.36 bits per heavy atom. The summed E-state index contributed by atoms with van der Waals surface area (Å²) in [5.74, 6) is 0.943. The van der Waals surface area contributed by atoms with Crippen LogP contribution in [-0.4, -0.2) is 19.6 Å². The summed E-state index contributed by atoms with van der Waals surface area (Å²) < 4.78 is 1.92. The van der Waals surface area contributed by atoms with Crippen LogP contribution in [0.25, 0.3) is 5.52 Å². The number of aromatic nitrogens is 4. The summed E-state index contributed by atoms with van der Waals surface area (Å²) in [6.45, 7) is 3.86. The first kappa shape index (κ1) is 6.27. The molecular weight excluding hydrogens is 140 g/mol. The summed E-state index contributed by atoms with van der Waals surface area (Å²) >= 11 is 0. The lowest BCUT2D eigenvalue weighted by molar-refractivity contribution is 0.892. The highest BCUT2D eigenvalue weighted by Crippen LogP contribution is 2.06. The molecule has 4 nitrogen and oxygen atoms in total. The number of fused-ring (bicyclic) bond motifs is 1. The Balaban J connectivity index is 2.94. The van der Waals surface area contributed by atoms with E-state index in [1.807, 2.05) is 18.2 Å². The van der Waals surface area contributed by atoms with E-state index in [0.717, 1.165) is 17.0 Å². The van der Waals surface area contributed by atoms with Gasteiger partial charge in [0.1, 0.15) is 12.2 Å². The lowest BCUT2D eigenvalue weighted by atomic mass is 10.4. The molecule has 0 amide bonds. The van der Waals surface area contributed by atoms with E-state index in [1.54, 1.807) is 12.5 Å². The van der Waals surface area contributed by atoms with Crippen molar-refractivity contribution in [3.63, 3.8) is 0 Å². The van der Waals surface area contributed by atoms with Crippen LogP contribution in [-0.2, 0) is 0 Å². The van der Waals surface area contributed by atoms with E-state index in [2.05, 4.69) is 15.2 Å². The Bertz CT molecular complexity index is 390. The Kier molecular flexibility index (Phi) is 1.15. The third-order valence-electron chi connectivity index (χ3n) is 1.73. The zero-order chi connectivity index (χ0) is 7.84. The molecule has 0 aliphatic carbocycles. The highest BCUT2D eigenvalue weighted by molar-refractivity contribution is 5.48. The van der Waals surface area contributed by atoms with E-state index < -0.39 is 0 Å². The second-order valence-electron chi connectivity index (χ2n) is 2.48. The van der Waals surface area contributed by atoms with Gasteiger partial charge in [-0.15, -0.1) is 5.10 Å². The van der Waals surface area contributed by atoms with Gasteiger partial charge in [-0.05, 0) is 13.8 Å². The third-order valence-corrected chi connectivity index (χ3v) is 1.73. The highest BCUT2D eigenvalue weighted by Gasteiger charge is 2.00. The second-order valence-corrected chi connectivity index (χ2v) is 2.48. The van der Waals surface area contributed by atoms with Crippen LogP contribution < -0.4 is 0 Å². The SMILES string of the molecule is Cc1nncn2c(C)ncc12. The summed E-state index contributed by atoms with van der Waals surface area (Å²) in [5, 5.41) is 7.73. The molecule has 2 aromatic rings. The zero-order valence-electron chi connectivity index (χ0n) is 6.44. The molecule has 0 radical (unpaired) electrons. The molecule has 0 saturated heterocycles. The van der Waals surface area contributed by atoms with Crippen molar-refractivity contribution < 1.29 is 0 Å². The molecule has 0 N–H and O–H groups in total. The Morgan fingerprint density at radius 3 is 2.91 bits per heavy atom. The molecule has 0 aliphatic heterocycles. The van der Waals surface area contributed by atoms with Gasteiger partial charge in [-0.3, -0.25) is 4.40 Å². The van der Waals surface area contributed by atoms with E-state index >= 15 is 0 Å². The van der Waals surface area contributed by atoms with Crippen LogP contribution in [0.15, 0.2) is 12.5 Å². The maximum Gasteiger partial charge on any atom is 0.124 e. The zero-order valence-corrected chi connectivity index (χ0v) is 6.44. The standard InChI is InChI=1S/C7H8N4/c1-5-7-3-8-6(2)11(7)4-9-10-5/h3-4H,1-2H3. The first-order chi connectivity index (χ1) is 5.29. The minimum Gasteiger partial charge on any atom is -0.284 e. The fourth-order valence-corrected chi connectivity index (χ4v) is 1.08. The van der Waals surface area contributed by atoms with Gasteiger partial charge in [-0.2, -0.15) is 5.10 Å². The van der Waals surface area contributed by atoms with Crippen molar-refractivity contribution in [1.29, 1.82) is 0 Å². The van der Waals surface area contributed by atoms with Gasteiger partial charge in [-0.1, -0.05) is 0 Å². The summed E-state index contributed by atoms with van der Waals surface area (Å²) in [7, 11) is 0. The molecule has 0 unspecified atom stereocenters. The van der Waals surface area contributed by atoms with Crippen molar-refractivity contribution in [2.45, 2.75) is 13.8 Å². The average Bonchev–Trinajstić information content (AvgIpc) is 2.35. The largest absolute Gasteiger partial charge is 0.284 e. The van der Waals surface area contributed by atoms with Gasteiger partial charge in [0.25, 0.3) is 0 Å². The quantitative estimate of drug-likeness (QED) is 0.553. The number of aryl methyl sites for hydroxylation is 2. The topological polar surface area (TPSA) is 43.1 Å². The van der Waals surface area contributed by atoms with Gasteiger partial charge in [0.2, 0.25) is 0 Å². The lowest BCUT2D eigenvalue weighted by Gasteiger charge is -1.94. The molecule has 2 rings (SSSR count). The molecular formula is C7H8N4. The van der Waals surface area contributed by atoms with Crippen molar-refractivity contribution in [1.82, 2.24) is 19.6 Å². The summed E-state index contributed by atoms with van der Waals surface area (Å²) in [6.07, 6.45) is 3.48. The third kappa shape index (κ3) is 0.790. The molecule has 2 heterocycles. The van der Waals surface area contributed by atoms with E-state index in [0.29, 0.717) is 0 Å². The van der Waals surface area contributed by atoms with Gasteiger partial charge >= 0.3 is 0 Å². The van der Waals surface area contributed by atoms with E-state index in [4.69, 9.17) is 0 Å². The van der Waals surface area contributed by atoms with Gasteiger partial charge < -0.3 is 0 Å². The number of imidazole rings is 1. The van der Waals surface area contributed by atoms with Crippen LogP contribution in [0.2, 0.25) is 0 Å². The van der Waals surface area contributed by atoms with Crippen LogP contribution in [0.1, 0.15) is 11.5 Å². The van der Waals surface area contributed by atoms with Crippen molar-refractivity contribution >= 4 is 5.52 Å². The molecule has 0 spiro atoms. The summed E-state index contributed by atoms with van der Waals surface area (Å²) in [4.78, 5) is 4.14. The van der Waals surface area contributed by atoms with Crippen LogP contribution in [0.3, 0.4) is 0 Å². The Morgan fingerprint density at radius 2 is 2.18 bits per heavy atom. The first-order valence-electron chi connectivity index (χ1n) is 3.41. The molecule has 0 fully saturated rings. The minimum absolute atomic E-state index is 0.910. The van der Waals surface area contributed by atoms with E-state index in [9.17, 15) is 0 Å². The van der Waals surface area contributed by atoms with Crippen molar-refractivity contribution in [2.24, 2.45) is 0 Å². The van der Waals surface area contributed by atoms with Crippen molar-refractivity contribution in [2.75, 3.05) is 0 Å². The predicted molar refractivity (Wildman–Crippen MR) is 40.3 cm³/mol. The monoisotopic (exact) mass is 148 g/mol. The second kappa shape index (κ2) is 2.02. The van der Waals surface area contributed by atoms with Gasteiger partial charge in [0.05, 0.1) is 17.4 Å². The number of hydrogen-bond acceptors (Lipinski definition) is 3. The first-order valence-corrected chi connectivity index (χ1v) is 3.41. The predicted octanol–water partition coefficient (Wildman–Crippen LogP) is 0.741. The van der Waals surface area contributed by atoms with Crippen LogP contribution in [0.5, 0.6) is 0 Å². The van der Waals surface area contributed by atoms with Gasteiger partial charge in [-0.25, -0.2) is 4.98 Å². The van der Waals surface area contributed by atoms with E-state index in [-0.39, 0.29) is 0 Å². The lowest BCUT2D eigenvalue weighted by Crippen LogP contribution is -1.94. The molecule has 0 aliphatic rings. The maximum atomic E-state index is 4.14. The number of hydrogen-bond donors (Lipinski definition) is 0.